The third-order valence-electron chi connectivity index (χ3n) is 4.78. The van der Waals surface area contributed by atoms with Gasteiger partial charge in [-0.2, -0.15) is 8.70 Å². The maximum atomic E-state index is 13.5. The van der Waals surface area contributed by atoms with E-state index in [-0.39, 0.29) is 21.2 Å². The van der Waals surface area contributed by atoms with Gasteiger partial charge in [-0.25, -0.2) is 8.42 Å². The normalized spacial score (nSPS) is 15.4. The highest BCUT2D eigenvalue weighted by molar-refractivity contribution is 7.89. The van der Waals surface area contributed by atoms with Crippen molar-refractivity contribution in [3.63, 3.8) is 0 Å². The molecule has 1 N–H and O–H groups in total. The van der Waals surface area contributed by atoms with E-state index in [1.807, 2.05) is 0 Å². The Labute approximate surface area is 177 Å². The molecule has 0 radical (unpaired) electrons. The number of carbonyl (C=O) groups excluding carboxylic acids is 1. The minimum absolute atomic E-state index is 0.0000229. The van der Waals surface area contributed by atoms with Crippen LogP contribution in [0, 0.1) is 15.9 Å². The number of hydrogen-bond acceptors (Lipinski definition) is 5. The van der Waals surface area contributed by atoms with E-state index in [9.17, 15) is 27.7 Å². The number of nitrogens with zero attached hydrogens (tertiary/aromatic N) is 2. The Morgan fingerprint density at radius 3 is 2.40 bits per heavy atom. The standard InChI is InChI=1S/C19H19ClFN3O5S/c20-15-7-5-13(11-18(15)30(28,29)23-9-3-1-2-4-10-23)19(25)22-14-6-8-16(21)17(12-14)24(26)27/h5-8,11-12H,1-4,9-10H2,(H,22,25). The Kier molecular flexibility index (Phi) is 6.69. The molecule has 2 aromatic carbocycles. The molecule has 1 saturated heterocycles. The number of rotatable bonds is 5. The molecule has 1 aliphatic heterocycles. The molecule has 0 bridgehead atoms. The van der Waals surface area contributed by atoms with Gasteiger partial charge >= 0.3 is 5.69 Å². The summed E-state index contributed by atoms with van der Waals surface area (Å²) in [6.45, 7) is 0.767. The maximum absolute atomic E-state index is 13.5. The van der Waals surface area contributed by atoms with Crippen molar-refractivity contribution < 1.29 is 22.5 Å². The number of carbonyl (C=O) groups is 1. The predicted octanol–water partition coefficient (Wildman–Crippen LogP) is 4.20. The lowest BCUT2D eigenvalue weighted by atomic mass is 10.2. The van der Waals surface area contributed by atoms with Crippen LogP contribution in [0.2, 0.25) is 5.02 Å². The Morgan fingerprint density at radius 2 is 1.77 bits per heavy atom. The van der Waals surface area contributed by atoms with Crippen LogP contribution in [-0.4, -0.2) is 36.6 Å². The molecule has 30 heavy (non-hydrogen) atoms. The summed E-state index contributed by atoms with van der Waals surface area (Å²) in [7, 11) is -3.89. The Bertz CT molecular complexity index is 1090. The van der Waals surface area contributed by atoms with Crippen LogP contribution in [0.3, 0.4) is 0 Å². The number of nitro groups is 1. The number of hydrogen-bond donors (Lipinski definition) is 1. The molecular formula is C19H19ClFN3O5S. The van der Waals surface area contributed by atoms with E-state index in [0.717, 1.165) is 37.8 Å². The smallest absolute Gasteiger partial charge is 0.306 e. The van der Waals surface area contributed by atoms with Gasteiger partial charge in [-0.1, -0.05) is 24.4 Å². The summed E-state index contributed by atoms with van der Waals surface area (Å²) in [5, 5.41) is 13.3. The van der Waals surface area contributed by atoms with Crippen LogP contribution in [0.4, 0.5) is 15.8 Å². The third-order valence-corrected chi connectivity index (χ3v) is 7.16. The first kappa shape index (κ1) is 22.1. The molecule has 8 nitrogen and oxygen atoms in total. The molecule has 0 unspecified atom stereocenters. The summed E-state index contributed by atoms with van der Waals surface area (Å²) in [4.78, 5) is 22.4. The highest BCUT2D eigenvalue weighted by atomic mass is 35.5. The van der Waals surface area contributed by atoms with Crippen LogP contribution in [0.15, 0.2) is 41.3 Å². The van der Waals surface area contributed by atoms with Crippen molar-refractivity contribution in [2.24, 2.45) is 0 Å². The zero-order valence-corrected chi connectivity index (χ0v) is 17.4. The molecule has 0 aliphatic carbocycles. The number of halogens is 2. The summed E-state index contributed by atoms with van der Waals surface area (Å²) >= 11 is 6.12. The fourth-order valence-corrected chi connectivity index (χ4v) is 5.21. The molecule has 1 heterocycles. The molecule has 11 heteroatoms. The van der Waals surface area contributed by atoms with Gasteiger partial charge in [0.25, 0.3) is 5.91 Å². The lowest BCUT2D eigenvalue weighted by Crippen LogP contribution is -2.32. The minimum Gasteiger partial charge on any atom is -0.322 e. The second kappa shape index (κ2) is 9.07. The lowest BCUT2D eigenvalue weighted by molar-refractivity contribution is -0.387. The highest BCUT2D eigenvalue weighted by Crippen LogP contribution is 2.28. The SMILES string of the molecule is O=C(Nc1ccc(F)c([N+](=O)[O-])c1)c1ccc(Cl)c(S(=O)(=O)N2CCCCCC2)c1. The number of benzene rings is 2. The summed E-state index contributed by atoms with van der Waals surface area (Å²) in [6, 6.07) is 6.76. The van der Waals surface area contributed by atoms with Crippen LogP contribution in [0.1, 0.15) is 36.0 Å². The highest BCUT2D eigenvalue weighted by Gasteiger charge is 2.28. The maximum Gasteiger partial charge on any atom is 0.306 e. The molecular weight excluding hydrogens is 437 g/mol. The van der Waals surface area contributed by atoms with Crippen molar-refractivity contribution in [3.8, 4) is 0 Å². The second-order valence-electron chi connectivity index (χ2n) is 6.84. The topological polar surface area (TPSA) is 110 Å². The number of nitro benzene ring substituents is 1. The second-order valence-corrected chi connectivity index (χ2v) is 9.15. The van der Waals surface area contributed by atoms with E-state index in [2.05, 4.69) is 5.32 Å². The zero-order valence-electron chi connectivity index (χ0n) is 15.8. The fourth-order valence-electron chi connectivity index (χ4n) is 3.20. The number of nitrogens with one attached hydrogen (secondary N) is 1. The summed E-state index contributed by atoms with van der Waals surface area (Å²) in [5.74, 6) is -1.74. The summed E-state index contributed by atoms with van der Waals surface area (Å²) in [6.07, 6.45) is 3.40. The minimum atomic E-state index is -3.89. The van der Waals surface area contributed by atoms with Gasteiger partial charge in [0.2, 0.25) is 15.8 Å². The average molecular weight is 456 g/mol. The van der Waals surface area contributed by atoms with Gasteiger partial charge in [0.05, 0.1) is 9.95 Å². The Morgan fingerprint density at radius 1 is 1.10 bits per heavy atom. The average Bonchev–Trinajstić information content (AvgIpc) is 2.99. The van der Waals surface area contributed by atoms with Crippen molar-refractivity contribution in [3.05, 3.63) is 62.9 Å². The molecule has 2 aromatic rings. The number of sulfonamides is 1. The van der Waals surface area contributed by atoms with Gasteiger partial charge in [-0.3, -0.25) is 14.9 Å². The van der Waals surface area contributed by atoms with Crippen molar-refractivity contribution in [1.82, 2.24) is 4.31 Å². The van der Waals surface area contributed by atoms with Gasteiger partial charge in [0.1, 0.15) is 4.90 Å². The van der Waals surface area contributed by atoms with E-state index >= 15 is 0 Å². The summed E-state index contributed by atoms with van der Waals surface area (Å²) in [5.41, 5.74) is -0.784. The van der Waals surface area contributed by atoms with Gasteiger partial charge in [-0.05, 0) is 43.2 Å². The molecule has 160 valence electrons. The first-order valence-electron chi connectivity index (χ1n) is 9.25. The van der Waals surface area contributed by atoms with Crippen LogP contribution in [-0.2, 0) is 10.0 Å². The monoisotopic (exact) mass is 455 g/mol. The van der Waals surface area contributed by atoms with Crippen LogP contribution in [0.5, 0.6) is 0 Å². The van der Waals surface area contributed by atoms with Crippen LogP contribution in [0.25, 0.3) is 0 Å². The van der Waals surface area contributed by atoms with Crippen molar-refractivity contribution in [1.29, 1.82) is 0 Å². The Hall–Kier alpha value is -2.56. The van der Waals surface area contributed by atoms with Gasteiger partial charge in [0.15, 0.2) is 0 Å². The van der Waals surface area contributed by atoms with Gasteiger partial charge < -0.3 is 5.32 Å². The van der Waals surface area contributed by atoms with Gasteiger partial charge in [-0.15, -0.1) is 0 Å². The molecule has 1 amide bonds. The number of anilines is 1. The first-order chi connectivity index (χ1) is 14.2. The molecule has 0 saturated carbocycles. The van der Waals surface area contributed by atoms with Crippen LogP contribution >= 0.6 is 11.6 Å². The molecule has 0 spiro atoms. The van der Waals surface area contributed by atoms with Gasteiger partial charge in [0, 0.05) is 30.4 Å². The Balaban J connectivity index is 1.88. The van der Waals surface area contributed by atoms with Crippen molar-refractivity contribution in [2.75, 3.05) is 18.4 Å². The van der Waals surface area contributed by atoms with E-state index in [1.165, 1.54) is 28.6 Å². The first-order valence-corrected chi connectivity index (χ1v) is 11.1. The lowest BCUT2D eigenvalue weighted by Gasteiger charge is -2.21. The zero-order chi connectivity index (χ0) is 21.9. The van der Waals surface area contributed by atoms with E-state index in [4.69, 9.17) is 11.6 Å². The molecule has 1 aliphatic rings. The van der Waals surface area contributed by atoms with Crippen molar-refractivity contribution in [2.45, 2.75) is 30.6 Å². The van der Waals surface area contributed by atoms with E-state index in [0.29, 0.717) is 13.1 Å². The molecule has 0 aromatic heterocycles. The fraction of sp³-hybridized carbons (Fsp3) is 0.316. The molecule has 3 rings (SSSR count). The van der Waals surface area contributed by atoms with Crippen molar-refractivity contribution >= 4 is 38.9 Å². The quantitative estimate of drug-likeness (QED) is 0.536. The van der Waals surface area contributed by atoms with E-state index < -0.39 is 32.4 Å². The third kappa shape index (κ3) is 4.77. The van der Waals surface area contributed by atoms with Crippen LogP contribution < -0.4 is 5.32 Å². The molecule has 0 atom stereocenters. The number of amides is 1. The summed E-state index contributed by atoms with van der Waals surface area (Å²) < 4.78 is 40.9. The molecule has 1 fully saturated rings. The largest absolute Gasteiger partial charge is 0.322 e. The predicted molar refractivity (Wildman–Crippen MR) is 110 cm³/mol. The van der Waals surface area contributed by atoms with E-state index in [1.54, 1.807) is 0 Å².